The van der Waals surface area contributed by atoms with Crippen molar-refractivity contribution in [3.8, 4) is 0 Å². The zero-order valence-corrected chi connectivity index (χ0v) is 58.2. The first kappa shape index (κ1) is 96.1. The molecule has 0 aromatic rings. The van der Waals surface area contributed by atoms with Gasteiger partial charge in [-0.2, -0.15) is 0 Å². The van der Waals surface area contributed by atoms with E-state index in [0.717, 1.165) is 0 Å². The van der Waals surface area contributed by atoms with Gasteiger partial charge in [0.05, 0.1) is 51.8 Å². The summed E-state index contributed by atoms with van der Waals surface area (Å²) in [6, 6.07) is 0. The fourth-order valence-electron chi connectivity index (χ4n) is 10.1. The van der Waals surface area contributed by atoms with Crippen molar-refractivity contribution in [2.45, 2.75) is 288 Å². The third kappa shape index (κ3) is 29.2. The van der Waals surface area contributed by atoms with E-state index < -0.39 is 278 Å². The number of amides is 3. The van der Waals surface area contributed by atoms with Gasteiger partial charge in [0.25, 0.3) is 17.7 Å². The first-order chi connectivity index (χ1) is 50.3. The van der Waals surface area contributed by atoms with Crippen LogP contribution in [0.15, 0.2) is 0 Å². The molecule has 0 aliphatic carbocycles. The van der Waals surface area contributed by atoms with Gasteiger partial charge >= 0.3 is 0 Å². The highest BCUT2D eigenvalue weighted by Gasteiger charge is 2.52. The summed E-state index contributed by atoms with van der Waals surface area (Å²) in [6.07, 6.45) is -58.8. The van der Waals surface area contributed by atoms with Crippen LogP contribution in [0.2, 0.25) is 0 Å². The van der Waals surface area contributed by atoms with Crippen molar-refractivity contribution in [2.24, 2.45) is 0 Å². The van der Waals surface area contributed by atoms with Crippen LogP contribution in [-0.4, -0.2) is 464 Å². The number of ether oxygens (including phenoxy) is 8. The van der Waals surface area contributed by atoms with Gasteiger partial charge in [0.1, 0.15) is 165 Å². The highest BCUT2D eigenvalue weighted by molar-refractivity contribution is 5.82. The number of aliphatic hydroxyl groups excluding tert-OH is 30. The Bertz CT molecular complexity index is 2370. The highest BCUT2D eigenvalue weighted by atomic mass is 16.7. The molecule has 3 amide bonds. The van der Waals surface area contributed by atoms with E-state index in [4.69, 9.17) is 56.0 Å². The lowest BCUT2D eigenvalue weighted by Gasteiger charge is -2.42. The second-order valence-corrected chi connectivity index (χ2v) is 24.6. The Balaban J connectivity index is 0.000000713. The van der Waals surface area contributed by atoms with Gasteiger partial charge in [0.2, 0.25) is 0 Å². The number of aliphatic hydroxyl groups is 30. The van der Waals surface area contributed by atoms with Crippen molar-refractivity contribution >= 4 is 17.7 Å². The third-order valence-corrected chi connectivity index (χ3v) is 16.8. The van der Waals surface area contributed by atoms with Gasteiger partial charge in [-0.1, -0.05) is 34.6 Å². The minimum atomic E-state index is -2.03. The third-order valence-electron chi connectivity index (χ3n) is 16.8. The Hall–Kier alpha value is -3.15. The number of likely N-dealkylation sites (N-methyl/N-ethyl adjacent to an activating group) is 2. The zero-order chi connectivity index (χ0) is 82.0. The van der Waals surface area contributed by atoms with Gasteiger partial charge in [-0.25, -0.2) is 0 Å². The number of rotatable bonds is 39. The Morgan fingerprint density at radius 1 is 0.371 bits per heavy atom. The molecule has 0 bridgehead atoms. The first-order valence-electron chi connectivity index (χ1n) is 35.1. The van der Waals surface area contributed by atoms with E-state index in [-0.39, 0.29) is 59.4 Å². The number of carbonyl (C=O) groups is 3. The molecular formula is C60H118N4O41. The molecule has 4 heterocycles. The number of hydrogen-bond acceptors (Lipinski definition) is 42. The smallest absolute Gasteiger partial charge is 0.252 e. The summed E-state index contributed by atoms with van der Waals surface area (Å²) >= 11 is 0. The summed E-state index contributed by atoms with van der Waals surface area (Å²) < 4.78 is 55.8. The molecule has 105 heavy (non-hydrogen) atoms. The van der Waals surface area contributed by atoms with Crippen LogP contribution in [0.1, 0.15) is 69.9 Å². The van der Waals surface area contributed by atoms with E-state index in [1.165, 1.54) is 6.92 Å². The van der Waals surface area contributed by atoms with Crippen molar-refractivity contribution in [1.29, 1.82) is 0 Å². The second-order valence-electron chi connectivity index (χ2n) is 24.6. The average molecular weight is 1550 g/mol. The molecule has 0 spiro atoms. The molecule has 4 rings (SSSR count). The molecule has 0 radical (unpaired) electrons. The van der Waals surface area contributed by atoms with Crippen LogP contribution >= 0.6 is 0 Å². The van der Waals surface area contributed by atoms with Crippen LogP contribution in [-0.2, 0) is 52.3 Å². The molecule has 0 saturated carbocycles. The van der Waals surface area contributed by atoms with Crippen molar-refractivity contribution < 1.29 is 208 Å². The van der Waals surface area contributed by atoms with E-state index >= 15 is 0 Å². The predicted molar refractivity (Wildman–Crippen MR) is 345 cm³/mol. The molecule has 4 fully saturated rings. The molecule has 45 nitrogen and oxygen atoms in total. The molecule has 45 heteroatoms. The Labute approximate surface area is 605 Å². The Kier molecular flexibility index (Phi) is 46.4. The summed E-state index contributed by atoms with van der Waals surface area (Å²) in [5.41, 5.74) is 0. The molecule has 0 aromatic heterocycles. The molecule has 34 N–H and O–H groups in total. The van der Waals surface area contributed by atoms with Crippen molar-refractivity contribution in [1.82, 2.24) is 21.3 Å². The van der Waals surface area contributed by atoms with E-state index in [0.29, 0.717) is 12.8 Å². The SMILES string of the molecule is CCCNC(=O)[C@@H](O)[C@@H](O[C@H]1O[C@H](CO)[C@@H](O)[C@H](O)[C@@H]1O)[C@H](O)[C@H](O)CO.CCCNC(=O)[C@H](O)[C@@H](O)[C@H](O[C@H]1O[C@H](CO)[C@@H](O)[C@H](O)[C@H]1O)[C@H](O)CO.[2H]CCNC(=O)[C@@H](O[C@H]1O[C@H](CO)[C@@H](O)[C@H](O)[C@@H]1O)[C@@H](O)[C@H](O)[C@H](O)CC.[2H]CCNC[C@H](O[C@H]1O[C@H](CO)[C@@H](O)[C@H](O)[C@H]1O)[C@@H](O)[C@H](O)[C@H](O)CC. The fourth-order valence-corrected chi connectivity index (χ4v) is 10.1. The van der Waals surface area contributed by atoms with Gasteiger partial charge < -0.3 is 212 Å². The molecule has 36 atom stereocenters. The van der Waals surface area contributed by atoms with E-state index in [1.807, 2.05) is 0 Å². The average Bonchev–Trinajstić information content (AvgIpc) is 0.820. The lowest BCUT2D eigenvalue weighted by atomic mass is 9.98. The predicted octanol–water partition coefficient (Wildman–Crippen LogP) is -18.4. The van der Waals surface area contributed by atoms with Gasteiger partial charge in [-0.05, 0) is 39.1 Å². The molecule has 0 aromatic carbocycles. The van der Waals surface area contributed by atoms with Gasteiger partial charge in [0.15, 0.2) is 43.5 Å². The van der Waals surface area contributed by atoms with Crippen molar-refractivity contribution in [2.75, 3.05) is 72.4 Å². The Morgan fingerprint density at radius 2 is 0.724 bits per heavy atom. The number of hydrogen-bond donors (Lipinski definition) is 34. The van der Waals surface area contributed by atoms with E-state index in [1.54, 1.807) is 20.8 Å². The normalized spacial score (nSPS) is 34.1. The summed E-state index contributed by atoms with van der Waals surface area (Å²) in [5.74, 6) is -2.85. The highest BCUT2D eigenvalue weighted by Crippen LogP contribution is 2.30. The zero-order valence-electron chi connectivity index (χ0n) is 60.2. The van der Waals surface area contributed by atoms with Crippen LogP contribution in [0.5, 0.6) is 0 Å². The molecule has 4 aliphatic heterocycles. The van der Waals surface area contributed by atoms with Crippen LogP contribution < -0.4 is 21.3 Å². The lowest BCUT2D eigenvalue weighted by molar-refractivity contribution is -0.326. The standard InChI is InChI=1S/2C15H29NO11.C15H29NO10.C15H31NO9/c1-2-3-16-14(25)11(23)10(22)13(6(19)4-17)27-15-12(24)9(21)8(20)7(5-18)26-15;1-2-3-16-14(25)12(24)13(8(20)6(19)4-17)27-15-11(23)10(22)9(21)7(5-18)26-15;1-3-6(18)8(19)11(22)13(14(24)16-4-2)26-15-12(23)10(21)9(20)7(5-17)25-15;1-3-7(18)10(19)11(20)8(5-16-4-2)24-15-14(23)13(22)12(21)9(6-17)25-15/h2*6-13,15,17-24H,2-5H2,1H3,(H,16,25);6-13,15,17-23H,3-5H2,1-2H3,(H,16,24);7-23H,3-6H2,1-2H3/t6-,7-,8-,9+,10-,11-,12-,13-,15-;2*6-,7-,8-,9-,10+,11+,12+,13+,15-;7-,8+,9-,10-,11-,12-,13+,14-,15+/m1111/s1/i;;2*2D. The van der Waals surface area contributed by atoms with Crippen LogP contribution in [0.4, 0.5) is 0 Å². The lowest BCUT2D eigenvalue weighted by Crippen LogP contribution is -2.62. The first-order valence-corrected chi connectivity index (χ1v) is 33.7. The molecule has 0 unspecified atom stereocenters. The summed E-state index contributed by atoms with van der Waals surface area (Å²) in [6.45, 7) is 2.47. The number of carbonyl (C=O) groups excluding carboxylic acids is 3. The molecular weight excluding hydrogens is 1430 g/mol. The minimum absolute atomic E-state index is 0.0391. The van der Waals surface area contributed by atoms with Gasteiger partial charge in [-0.3, -0.25) is 14.4 Å². The maximum atomic E-state index is 12.3. The molecule has 4 aliphatic rings. The van der Waals surface area contributed by atoms with Crippen molar-refractivity contribution in [3.05, 3.63) is 0 Å². The van der Waals surface area contributed by atoms with Gasteiger partial charge in [-0.15, -0.1) is 0 Å². The van der Waals surface area contributed by atoms with Crippen LogP contribution in [0, 0.1) is 0 Å². The molecule has 4 saturated heterocycles. The number of nitrogens with one attached hydrogen (secondary N) is 4. The van der Waals surface area contributed by atoms with Crippen molar-refractivity contribution in [3.63, 3.8) is 0 Å². The largest absolute Gasteiger partial charge is 0.394 e. The Morgan fingerprint density at radius 3 is 1.08 bits per heavy atom. The monoisotopic (exact) mass is 1550 g/mol. The second kappa shape index (κ2) is 50.7. The molecule has 624 valence electrons. The van der Waals surface area contributed by atoms with E-state index in [2.05, 4.69) is 21.3 Å². The summed E-state index contributed by atoms with van der Waals surface area (Å²) in [5, 5.41) is 303. The quantitative estimate of drug-likeness (QED) is 0.0254. The summed E-state index contributed by atoms with van der Waals surface area (Å²) in [7, 11) is 0. The van der Waals surface area contributed by atoms with Crippen LogP contribution in [0.25, 0.3) is 0 Å². The maximum Gasteiger partial charge on any atom is 0.252 e. The topological polar surface area (TPSA) is 780 Å². The van der Waals surface area contributed by atoms with Gasteiger partial charge in [0, 0.05) is 28.9 Å². The minimum Gasteiger partial charge on any atom is -0.394 e. The van der Waals surface area contributed by atoms with E-state index in [9.17, 15) is 152 Å². The maximum absolute atomic E-state index is 12.3. The fraction of sp³-hybridized carbons (Fsp3) is 0.950. The summed E-state index contributed by atoms with van der Waals surface area (Å²) in [4.78, 5) is 36.1. The van der Waals surface area contributed by atoms with Crippen LogP contribution in [0.3, 0.4) is 0 Å².